The average Bonchev–Trinajstić information content (AvgIpc) is 3.08. The summed E-state index contributed by atoms with van der Waals surface area (Å²) in [6.45, 7) is 8.35. The molecule has 4 heteroatoms. The number of hydrogen-bond acceptors (Lipinski definition) is 3. The number of carbonyl (C=O) groups excluding carboxylic acids is 1. The predicted octanol–water partition coefficient (Wildman–Crippen LogP) is 6.28. The Morgan fingerprint density at radius 1 is 0.875 bits per heavy atom. The quantitative estimate of drug-likeness (QED) is 0.389. The van der Waals surface area contributed by atoms with Gasteiger partial charge < -0.3 is 4.42 Å². The van der Waals surface area contributed by atoms with E-state index in [1.807, 2.05) is 50.2 Å². The van der Waals surface area contributed by atoms with Crippen molar-refractivity contribution < 1.29 is 9.21 Å². The summed E-state index contributed by atoms with van der Waals surface area (Å²) >= 11 is 0. The molecule has 0 bridgehead atoms. The molecule has 5 rings (SSSR count). The molecule has 1 unspecified atom stereocenters. The van der Waals surface area contributed by atoms with Crippen LogP contribution in [0.2, 0.25) is 0 Å². The van der Waals surface area contributed by atoms with Crippen molar-refractivity contribution in [2.75, 3.05) is 4.90 Å². The van der Waals surface area contributed by atoms with Crippen LogP contribution in [0, 0.1) is 13.8 Å². The Morgan fingerprint density at radius 2 is 1.59 bits per heavy atom. The lowest BCUT2D eigenvalue weighted by Gasteiger charge is -2.26. The van der Waals surface area contributed by atoms with Crippen LogP contribution in [0.5, 0.6) is 0 Å². The number of fused-ring (bicyclic) bond motifs is 2. The van der Waals surface area contributed by atoms with Gasteiger partial charge in [-0.15, -0.1) is 0 Å². The molecule has 0 saturated carbocycles. The Hall–Kier alpha value is -3.66. The molecular formula is C28H25NO3. The molecule has 0 saturated heterocycles. The van der Waals surface area contributed by atoms with E-state index in [1.54, 1.807) is 23.1 Å². The molecule has 3 aromatic carbocycles. The lowest BCUT2D eigenvalue weighted by atomic mass is 9.95. The molecule has 1 aliphatic rings. The Bertz CT molecular complexity index is 1410. The van der Waals surface area contributed by atoms with Crippen molar-refractivity contribution in [2.24, 2.45) is 0 Å². The van der Waals surface area contributed by atoms with Crippen LogP contribution in [-0.2, 0) is 0 Å². The van der Waals surface area contributed by atoms with Crippen molar-refractivity contribution >= 4 is 22.6 Å². The Kier molecular flexibility index (Phi) is 4.74. The van der Waals surface area contributed by atoms with Gasteiger partial charge in [-0.3, -0.25) is 14.5 Å². The lowest BCUT2D eigenvalue weighted by Crippen LogP contribution is -2.29. The molecule has 1 aliphatic heterocycles. The first-order valence-electron chi connectivity index (χ1n) is 10.9. The molecule has 0 spiro atoms. The highest BCUT2D eigenvalue weighted by atomic mass is 16.3. The highest BCUT2D eigenvalue weighted by Crippen LogP contribution is 2.41. The van der Waals surface area contributed by atoms with E-state index >= 15 is 0 Å². The highest BCUT2D eigenvalue weighted by Gasteiger charge is 2.43. The highest BCUT2D eigenvalue weighted by molar-refractivity contribution is 6.10. The lowest BCUT2D eigenvalue weighted by molar-refractivity contribution is 0.0971. The summed E-state index contributed by atoms with van der Waals surface area (Å²) in [5, 5.41) is 0.491. The van der Waals surface area contributed by atoms with E-state index in [9.17, 15) is 9.59 Å². The first-order valence-corrected chi connectivity index (χ1v) is 10.9. The molecule has 0 radical (unpaired) electrons. The second-order valence-corrected chi connectivity index (χ2v) is 8.84. The van der Waals surface area contributed by atoms with Gasteiger partial charge in [-0.2, -0.15) is 0 Å². The van der Waals surface area contributed by atoms with Crippen molar-refractivity contribution in [3.05, 3.63) is 111 Å². The van der Waals surface area contributed by atoms with Crippen LogP contribution in [0.15, 0.2) is 75.9 Å². The topological polar surface area (TPSA) is 50.5 Å². The number of carbonyl (C=O) groups is 1. The van der Waals surface area contributed by atoms with Gasteiger partial charge in [-0.25, -0.2) is 0 Å². The average molecular weight is 424 g/mol. The van der Waals surface area contributed by atoms with Crippen LogP contribution < -0.4 is 10.3 Å². The molecule has 0 N–H and O–H groups in total. The zero-order chi connectivity index (χ0) is 22.6. The molecule has 4 aromatic rings. The molecular weight excluding hydrogens is 398 g/mol. The normalized spacial score (nSPS) is 15.6. The van der Waals surface area contributed by atoms with Gasteiger partial charge in [-0.05, 0) is 66.3 Å². The first kappa shape index (κ1) is 20.3. The summed E-state index contributed by atoms with van der Waals surface area (Å²) in [5.41, 5.74) is 5.78. The Morgan fingerprint density at radius 3 is 2.28 bits per heavy atom. The second-order valence-electron chi connectivity index (χ2n) is 8.84. The third-order valence-electron chi connectivity index (χ3n) is 6.47. The number of nitrogens with zero attached hydrogens (tertiary/aromatic N) is 1. The third-order valence-corrected chi connectivity index (χ3v) is 6.47. The number of para-hydroxylation sites is 1. The van der Waals surface area contributed by atoms with Gasteiger partial charge in [-0.1, -0.05) is 56.3 Å². The smallest absolute Gasteiger partial charge is 0.295 e. The molecule has 1 atom stereocenters. The molecule has 32 heavy (non-hydrogen) atoms. The maximum atomic E-state index is 13.6. The number of rotatable bonds is 3. The van der Waals surface area contributed by atoms with Crippen molar-refractivity contribution in [3.8, 4) is 0 Å². The Labute approximate surface area is 187 Å². The van der Waals surface area contributed by atoms with Crippen molar-refractivity contribution in [3.63, 3.8) is 0 Å². The fourth-order valence-corrected chi connectivity index (χ4v) is 4.44. The van der Waals surface area contributed by atoms with Gasteiger partial charge in [0.05, 0.1) is 17.0 Å². The SMILES string of the molecule is Cc1ccc(N2C(=O)c3oc4ccccc4c(=O)c3C2c2ccc(C(C)C)cc2)cc1C. The number of hydrogen-bond donors (Lipinski definition) is 0. The molecule has 1 aromatic heterocycles. The van der Waals surface area contributed by atoms with E-state index in [2.05, 4.69) is 26.0 Å². The van der Waals surface area contributed by atoms with E-state index in [-0.39, 0.29) is 17.1 Å². The van der Waals surface area contributed by atoms with E-state index in [0.29, 0.717) is 22.5 Å². The molecule has 0 aliphatic carbocycles. The van der Waals surface area contributed by atoms with Gasteiger partial charge in [0.1, 0.15) is 5.58 Å². The van der Waals surface area contributed by atoms with Crippen LogP contribution in [0.1, 0.15) is 64.2 Å². The van der Waals surface area contributed by atoms with Crippen molar-refractivity contribution in [1.29, 1.82) is 0 Å². The van der Waals surface area contributed by atoms with Gasteiger partial charge in [0, 0.05) is 5.69 Å². The molecule has 2 heterocycles. The fourth-order valence-electron chi connectivity index (χ4n) is 4.44. The van der Waals surface area contributed by atoms with Crippen LogP contribution in [0.3, 0.4) is 0 Å². The monoisotopic (exact) mass is 423 g/mol. The van der Waals surface area contributed by atoms with E-state index in [1.165, 1.54) is 5.56 Å². The minimum absolute atomic E-state index is 0.130. The van der Waals surface area contributed by atoms with Crippen LogP contribution in [-0.4, -0.2) is 5.91 Å². The van der Waals surface area contributed by atoms with E-state index < -0.39 is 6.04 Å². The van der Waals surface area contributed by atoms with Gasteiger partial charge in [0.25, 0.3) is 5.91 Å². The first-order chi connectivity index (χ1) is 15.4. The Balaban J connectivity index is 1.78. The van der Waals surface area contributed by atoms with Crippen LogP contribution in [0.4, 0.5) is 5.69 Å². The summed E-state index contributed by atoms with van der Waals surface area (Å²) in [4.78, 5) is 28.9. The summed E-state index contributed by atoms with van der Waals surface area (Å²) in [6, 6.07) is 20.7. The maximum absolute atomic E-state index is 13.6. The molecule has 1 amide bonds. The van der Waals surface area contributed by atoms with Crippen LogP contribution in [0.25, 0.3) is 11.0 Å². The number of amides is 1. The zero-order valence-electron chi connectivity index (χ0n) is 18.7. The minimum atomic E-state index is -0.540. The van der Waals surface area contributed by atoms with Crippen LogP contribution >= 0.6 is 0 Å². The molecule has 160 valence electrons. The zero-order valence-corrected chi connectivity index (χ0v) is 18.7. The maximum Gasteiger partial charge on any atom is 0.295 e. The summed E-state index contributed by atoms with van der Waals surface area (Å²) in [7, 11) is 0. The minimum Gasteiger partial charge on any atom is -0.450 e. The fraction of sp³-hybridized carbons (Fsp3) is 0.214. The van der Waals surface area contributed by atoms with Gasteiger partial charge >= 0.3 is 0 Å². The van der Waals surface area contributed by atoms with Gasteiger partial charge in [0.2, 0.25) is 5.76 Å². The summed E-state index contributed by atoms with van der Waals surface area (Å²) in [6.07, 6.45) is 0. The third kappa shape index (κ3) is 3.06. The standard InChI is InChI=1S/C28H25NO3/c1-16(2)19-10-12-20(13-11-19)25-24-26(30)22-7-5-6-8-23(22)32-27(24)28(31)29(25)21-14-9-17(3)18(4)15-21/h5-16,25H,1-4H3. The second kappa shape index (κ2) is 7.49. The number of benzene rings is 3. The van der Waals surface area contributed by atoms with Crippen molar-refractivity contribution in [1.82, 2.24) is 0 Å². The summed E-state index contributed by atoms with van der Waals surface area (Å²) in [5.74, 6) is 0.236. The van der Waals surface area contributed by atoms with Gasteiger partial charge in [0.15, 0.2) is 5.43 Å². The number of aryl methyl sites for hydroxylation is 2. The molecule has 4 nitrogen and oxygen atoms in total. The summed E-state index contributed by atoms with van der Waals surface area (Å²) < 4.78 is 6.03. The van der Waals surface area contributed by atoms with Crippen molar-refractivity contribution in [2.45, 2.75) is 39.7 Å². The number of anilines is 1. The largest absolute Gasteiger partial charge is 0.450 e. The predicted molar refractivity (Wildman–Crippen MR) is 128 cm³/mol. The van der Waals surface area contributed by atoms with E-state index in [4.69, 9.17) is 4.42 Å². The molecule has 0 fully saturated rings. The van der Waals surface area contributed by atoms with E-state index in [0.717, 1.165) is 22.4 Å².